The highest BCUT2D eigenvalue weighted by Crippen LogP contribution is 2.56. The first kappa shape index (κ1) is 59.6. The average molecular weight is 1110 g/mol. The number of rotatable bonds is 19. The number of hydrogen-bond acceptors (Lipinski definition) is 9. The maximum absolute atomic E-state index is 14.3. The normalized spacial score (nSPS) is 16.3. The van der Waals surface area contributed by atoms with E-state index in [1.807, 2.05) is 16.4 Å². The number of fused-ring (bicyclic) bond motifs is 6. The molecule has 2 aliphatic heterocycles. The van der Waals surface area contributed by atoms with E-state index in [1.54, 1.807) is 49.7 Å². The van der Waals surface area contributed by atoms with E-state index in [1.165, 1.54) is 74.0 Å². The maximum atomic E-state index is 14.3. The summed E-state index contributed by atoms with van der Waals surface area (Å²) in [7, 11) is -10.9. The van der Waals surface area contributed by atoms with Crippen LogP contribution in [0.4, 0.5) is 11.4 Å². The lowest BCUT2D eigenvalue weighted by Crippen LogP contribution is -2.45. The van der Waals surface area contributed by atoms with E-state index in [0.29, 0.717) is 28.8 Å². The lowest BCUT2D eigenvalue weighted by atomic mass is 9.93. The highest BCUT2D eigenvalue weighted by atomic mass is 32.2. The van der Waals surface area contributed by atoms with Gasteiger partial charge in [0.15, 0.2) is 16.6 Å². The second-order valence-electron chi connectivity index (χ2n) is 25.9. The van der Waals surface area contributed by atoms with Gasteiger partial charge in [0.25, 0.3) is 20.0 Å². The van der Waals surface area contributed by atoms with E-state index in [4.69, 9.17) is 4.12 Å². The fourth-order valence-electron chi connectivity index (χ4n) is 9.20. The molecule has 0 fully saturated rings. The van der Waals surface area contributed by atoms with Gasteiger partial charge in [0.1, 0.15) is 9.79 Å². The molecule has 0 aromatic carbocycles. The van der Waals surface area contributed by atoms with Crippen LogP contribution in [-0.4, -0.2) is 46.6 Å². The Labute approximate surface area is 446 Å². The van der Waals surface area contributed by atoms with Gasteiger partial charge >= 0.3 is 0 Å². The zero-order valence-corrected chi connectivity index (χ0v) is 53.8. The molecule has 70 heavy (non-hydrogen) atoms. The Morgan fingerprint density at radius 3 is 1.24 bits per heavy atom. The second-order valence-corrected chi connectivity index (χ2v) is 42.8. The van der Waals surface area contributed by atoms with Crippen LogP contribution in [-0.2, 0) is 45.8 Å². The van der Waals surface area contributed by atoms with Crippen molar-refractivity contribution in [2.45, 2.75) is 244 Å². The molecule has 7 nitrogen and oxygen atoms in total. The van der Waals surface area contributed by atoms with Gasteiger partial charge in [-0.15, -0.1) is 45.3 Å². The molecule has 6 rings (SSSR count). The van der Waals surface area contributed by atoms with Crippen molar-refractivity contribution in [1.82, 2.24) is 0 Å². The summed E-state index contributed by atoms with van der Waals surface area (Å²) >= 11 is 6.86. The Morgan fingerprint density at radius 2 is 0.843 bits per heavy atom. The molecule has 0 saturated carbocycles. The summed E-state index contributed by atoms with van der Waals surface area (Å²) in [6, 6.07) is 8.98. The summed E-state index contributed by atoms with van der Waals surface area (Å²) in [6.45, 7) is 42.9. The van der Waals surface area contributed by atoms with Gasteiger partial charge in [0.2, 0.25) is 0 Å². The predicted molar refractivity (Wildman–Crippen MR) is 316 cm³/mol. The van der Waals surface area contributed by atoms with Crippen LogP contribution in [0, 0.1) is 5.92 Å². The van der Waals surface area contributed by atoms with Crippen molar-refractivity contribution in [2.75, 3.05) is 21.7 Å². The third-order valence-electron chi connectivity index (χ3n) is 13.2. The minimum absolute atomic E-state index is 0.0141. The molecule has 1 atom stereocenters. The maximum Gasteiger partial charge on any atom is 0.265 e. The Kier molecular flexibility index (Phi) is 19.1. The van der Waals surface area contributed by atoms with E-state index in [0.717, 1.165) is 59.5 Å². The van der Waals surface area contributed by atoms with Gasteiger partial charge in [-0.05, 0) is 103 Å². The Balaban J connectivity index is 0.000000265. The average Bonchev–Trinajstić information content (AvgIpc) is 4.02. The van der Waals surface area contributed by atoms with Gasteiger partial charge in [-0.1, -0.05) is 161 Å². The first-order valence-electron chi connectivity index (χ1n) is 26.4. The van der Waals surface area contributed by atoms with Crippen LogP contribution in [0.2, 0.25) is 38.8 Å². The zero-order chi connectivity index (χ0) is 52.6. The number of thiophene rings is 4. The molecule has 0 spiro atoms. The van der Waals surface area contributed by atoms with Crippen LogP contribution in [0.5, 0.6) is 0 Å². The van der Waals surface area contributed by atoms with Crippen LogP contribution >= 0.6 is 45.3 Å². The first-order chi connectivity index (χ1) is 32.0. The molecule has 0 bridgehead atoms. The summed E-state index contributed by atoms with van der Waals surface area (Å²) < 4.78 is 66.3. The molecule has 0 amide bonds. The van der Waals surface area contributed by atoms with E-state index >= 15 is 0 Å². The first-order valence-corrected chi connectivity index (χ1v) is 39.0. The van der Waals surface area contributed by atoms with Gasteiger partial charge in [-0.3, -0.25) is 8.61 Å². The summed E-state index contributed by atoms with van der Waals surface area (Å²) in [4.78, 5) is 9.88. The van der Waals surface area contributed by atoms with Gasteiger partial charge < -0.3 is 4.12 Å². The molecule has 0 radical (unpaired) electrons. The molecule has 4 aromatic heterocycles. The van der Waals surface area contributed by atoms with Gasteiger partial charge in [-0.25, -0.2) is 16.8 Å². The summed E-state index contributed by atoms with van der Waals surface area (Å²) in [5.74, 6) is 0.404. The molecule has 0 N–H and O–H groups in total. The summed E-state index contributed by atoms with van der Waals surface area (Å²) in [5.41, 5.74) is 1.57. The molecule has 1 unspecified atom stereocenters. The van der Waals surface area contributed by atoms with Crippen LogP contribution in [0.25, 0.3) is 19.5 Å². The standard InChI is InChI=1S/C32H53NO2S3.C23H39NO3S3Si2/c1-9-11-13-15-16-18-20-24(19-17-14-12-10-2)23-33-25-21-27(31(3,4)5)36-29(25)30-26(38(33,34)35)22-28(37-30)32(6,7)8;1-22(2,3)18-14-16-20(28-18)21-17(15-19(29-21)23(4,5)6)30(25,26)24(16)12-13-32(10,11)27-31(7,8)9/h21-22,24H,9-20,23H2,1-8H3;14-15H,12-13H2,1-11H3. The number of unbranched alkanes of at least 4 members (excludes halogenated alkanes) is 8. The van der Waals surface area contributed by atoms with Crippen molar-refractivity contribution in [2.24, 2.45) is 5.92 Å². The SMILES string of the molecule is CC(C)(C)c1cc2c(s1)-c1sc(C(C)(C)C)cc1S(=O)(=O)N2CC[Si](C)(C)O[Si](C)(C)C.CCCCCCCCC(CCCCCC)CN1c2cc(C(C)(C)C)sc2-c2sc(C(C)(C)C)cc2S1(=O)=O. The highest BCUT2D eigenvalue weighted by Gasteiger charge is 2.43. The molecule has 2 aliphatic rings. The van der Waals surface area contributed by atoms with Crippen molar-refractivity contribution in [3.8, 4) is 19.5 Å². The predicted octanol–water partition coefficient (Wildman–Crippen LogP) is 18.6. The molecule has 4 aromatic rings. The minimum Gasteiger partial charge on any atom is -0.456 e. The molecule has 15 heteroatoms. The van der Waals surface area contributed by atoms with Crippen molar-refractivity contribution in [3.05, 3.63) is 43.8 Å². The van der Waals surface area contributed by atoms with Crippen LogP contribution < -0.4 is 8.61 Å². The van der Waals surface area contributed by atoms with E-state index in [9.17, 15) is 16.8 Å². The third-order valence-corrected chi connectivity index (χ3v) is 29.8. The van der Waals surface area contributed by atoms with Gasteiger partial charge in [0, 0.05) is 32.6 Å². The largest absolute Gasteiger partial charge is 0.456 e. The van der Waals surface area contributed by atoms with Crippen LogP contribution in [0.1, 0.15) is 193 Å². The molecular formula is C55H92N2O5S6Si2. The van der Waals surface area contributed by atoms with E-state index in [-0.39, 0.29) is 21.7 Å². The van der Waals surface area contributed by atoms with Crippen LogP contribution in [0.3, 0.4) is 0 Å². The van der Waals surface area contributed by atoms with Crippen molar-refractivity contribution in [1.29, 1.82) is 0 Å². The molecule has 6 heterocycles. The minimum atomic E-state index is -3.61. The topological polar surface area (TPSA) is 84.0 Å². The lowest BCUT2D eigenvalue weighted by Gasteiger charge is -2.34. The van der Waals surface area contributed by atoms with Crippen molar-refractivity contribution >= 4 is 93.4 Å². The highest BCUT2D eigenvalue weighted by molar-refractivity contribution is 7.93. The zero-order valence-electron chi connectivity index (χ0n) is 46.9. The monoisotopic (exact) mass is 1110 g/mol. The van der Waals surface area contributed by atoms with Gasteiger partial charge in [-0.2, -0.15) is 0 Å². The van der Waals surface area contributed by atoms with Crippen molar-refractivity contribution < 1.29 is 21.0 Å². The smallest absolute Gasteiger partial charge is 0.265 e. The fourth-order valence-corrected chi connectivity index (χ4v) is 26.6. The quantitative estimate of drug-likeness (QED) is 0.0690. The summed E-state index contributed by atoms with van der Waals surface area (Å²) in [5, 5.41) is 0. The number of nitrogens with zero attached hydrogens (tertiary/aromatic N) is 2. The number of hydrogen-bond donors (Lipinski definition) is 0. The number of anilines is 2. The van der Waals surface area contributed by atoms with Crippen LogP contribution in [0.15, 0.2) is 34.1 Å². The molecule has 0 saturated heterocycles. The lowest BCUT2D eigenvalue weighted by molar-refractivity contribution is 0.411. The third kappa shape index (κ3) is 14.5. The Hall–Kier alpha value is -1.31. The van der Waals surface area contributed by atoms with E-state index in [2.05, 4.69) is 142 Å². The molecule has 396 valence electrons. The Bertz CT molecular complexity index is 2600. The van der Waals surface area contributed by atoms with Gasteiger partial charge in [0.05, 0.1) is 30.9 Å². The number of sulfonamides is 2. The van der Waals surface area contributed by atoms with Crippen molar-refractivity contribution in [3.63, 3.8) is 0 Å². The van der Waals surface area contributed by atoms with E-state index < -0.39 is 36.7 Å². The Morgan fingerprint density at radius 1 is 0.500 bits per heavy atom. The summed E-state index contributed by atoms with van der Waals surface area (Å²) in [6.07, 6.45) is 14.9. The molecular weight excluding hydrogens is 1020 g/mol. The molecule has 0 aliphatic carbocycles. The second kappa shape index (κ2) is 22.5. The fraction of sp³-hybridized carbons (Fsp3) is 0.709.